The van der Waals surface area contributed by atoms with Gasteiger partial charge in [0, 0.05) is 18.1 Å². The quantitative estimate of drug-likeness (QED) is 0.560. The largest absolute Gasteiger partial charge is 0.497 e. The van der Waals surface area contributed by atoms with Gasteiger partial charge in [0.25, 0.3) is 0 Å². The first-order chi connectivity index (χ1) is 13.2. The van der Waals surface area contributed by atoms with E-state index in [0.29, 0.717) is 24.3 Å². The number of benzene rings is 2. The number of methoxy groups -OCH3 is 2. The van der Waals surface area contributed by atoms with E-state index in [4.69, 9.17) is 18.7 Å². The molecule has 27 heavy (non-hydrogen) atoms. The summed E-state index contributed by atoms with van der Waals surface area (Å²) >= 11 is 0. The summed E-state index contributed by atoms with van der Waals surface area (Å²) in [6.07, 6.45) is 0.906. The number of hydrogen-bond acceptors (Lipinski definition) is 6. The first-order valence-electron chi connectivity index (χ1n) is 8.56. The Kier molecular flexibility index (Phi) is 6.10. The molecule has 1 aromatic heterocycles. The molecule has 0 aliphatic carbocycles. The molecule has 3 aromatic rings. The van der Waals surface area contributed by atoms with Crippen LogP contribution < -0.4 is 9.47 Å². The molecule has 3 rings (SSSR count). The summed E-state index contributed by atoms with van der Waals surface area (Å²) in [6.45, 7) is 0.0783. The van der Waals surface area contributed by atoms with Crippen molar-refractivity contribution in [2.24, 2.45) is 0 Å². The van der Waals surface area contributed by atoms with Gasteiger partial charge in [-0.25, -0.2) is 0 Å². The molecule has 0 N–H and O–H groups in total. The molecule has 0 fully saturated rings. The maximum atomic E-state index is 12.0. The Bertz CT molecular complexity index is 886. The zero-order chi connectivity index (χ0) is 19.1. The first-order valence-corrected chi connectivity index (χ1v) is 8.56. The maximum Gasteiger partial charge on any atom is 0.306 e. The number of rotatable bonds is 8. The lowest BCUT2D eigenvalue weighted by Gasteiger charge is -2.04. The number of nitrogens with zero attached hydrogens (tertiary/aromatic N) is 1. The minimum Gasteiger partial charge on any atom is -0.497 e. The van der Waals surface area contributed by atoms with E-state index in [1.54, 1.807) is 20.3 Å². The van der Waals surface area contributed by atoms with Gasteiger partial charge in [0.2, 0.25) is 0 Å². The number of aromatic nitrogens is 1. The summed E-state index contributed by atoms with van der Waals surface area (Å²) in [7, 11) is 3.23. The van der Waals surface area contributed by atoms with Crippen LogP contribution in [0.2, 0.25) is 0 Å². The molecule has 0 atom stereocenters. The minimum absolute atomic E-state index is 0.0783. The molecular weight excluding hydrogens is 346 g/mol. The van der Waals surface area contributed by atoms with Crippen molar-refractivity contribution in [3.8, 4) is 22.8 Å². The fraction of sp³-hybridized carbons (Fsp3) is 0.238. The van der Waals surface area contributed by atoms with Gasteiger partial charge in [-0.05, 0) is 36.2 Å². The van der Waals surface area contributed by atoms with Crippen molar-refractivity contribution in [2.75, 3.05) is 14.2 Å². The van der Waals surface area contributed by atoms with Crippen LogP contribution in [0.4, 0.5) is 0 Å². The van der Waals surface area contributed by atoms with Gasteiger partial charge in [-0.15, -0.1) is 0 Å². The van der Waals surface area contributed by atoms with E-state index in [2.05, 4.69) is 5.16 Å². The van der Waals surface area contributed by atoms with E-state index >= 15 is 0 Å². The van der Waals surface area contributed by atoms with E-state index < -0.39 is 0 Å². The zero-order valence-electron chi connectivity index (χ0n) is 15.3. The van der Waals surface area contributed by atoms with E-state index in [1.165, 1.54) is 0 Å². The van der Waals surface area contributed by atoms with Gasteiger partial charge >= 0.3 is 5.97 Å². The topological polar surface area (TPSA) is 70.8 Å². The number of aryl methyl sites for hydroxylation is 1. The molecule has 0 saturated heterocycles. The first kappa shape index (κ1) is 18.5. The summed E-state index contributed by atoms with van der Waals surface area (Å²) in [6, 6.07) is 16.8. The van der Waals surface area contributed by atoms with Crippen LogP contribution in [0.15, 0.2) is 59.1 Å². The normalized spacial score (nSPS) is 10.4. The average Bonchev–Trinajstić information content (AvgIpc) is 3.20. The molecule has 0 unspecified atom stereocenters. The third kappa shape index (κ3) is 5.10. The third-order valence-electron chi connectivity index (χ3n) is 4.07. The zero-order valence-corrected chi connectivity index (χ0v) is 15.3. The number of ether oxygens (including phenoxy) is 3. The molecule has 0 saturated carbocycles. The van der Waals surface area contributed by atoms with Crippen LogP contribution in [-0.4, -0.2) is 25.3 Å². The highest BCUT2D eigenvalue weighted by Gasteiger charge is 2.10. The van der Waals surface area contributed by atoms with Crippen molar-refractivity contribution in [2.45, 2.75) is 19.4 Å². The highest BCUT2D eigenvalue weighted by Crippen LogP contribution is 2.24. The van der Waals surface area contributed by atoms with E-state index in [9.17, 15) is 4.79 Å². The monoisotopic (exact) mass is 367 g/mol. The van der Waals surface area contributed by atoms with Crippen LogP contribution in [0, 0.1) is 0 Å². The maximum absolute atomic E-state index is 12.0. The van der Waals surface area contributed by atoms with Crippen molar-refractivity contribution >= 4 is 5.97 Å². The molecule has 0 radical (unpaired) electrons. The number of esters is 1. The molecule has 140 valence electrons. The van der Waals surface area contributed by atoms with Gasteiger partial charge < -0.3 is 18.7 Å². The Morgan fingerprint density at radius 2 is 1.78 bits per heavy atom. The molecule has 2 aromatic carbocycles. The lowest BCUT2D eigenvalue weighted by atomic mass is 10.1. The second-order valence-electron chi connectivity index (χ2n) is 5.92. The Balaban J connectivity index is 1.49. The standard InChI is InChI=1S/C21H21NO5/c1-24-18-9-6-15(7-10-18)8-11-21(23)26-14-17-13-20(27-22-17)16-4-3-5-19(12-16)25-2/h3-7,9-10,12-13H,8,11,14H2,1-2H3. The number of carbonyl (C=O) groups excluding carboxylic acids is 1. The fourth-order valence-electron chi connectivity index (χ4n) is 2.56. The summed E-state index contributed by atoms with van der Waals surface area (Å²) < 4.78 is 20.9. The van der Waals surface area contributed by atoms with Crippen molar-refractivity contribution in [1.82, 2.24) is 5.16 Å². The van der Waals surface area contributed by atoms with E-state index in [1.807, 2.05) is 48.5 Å². The van der Waals surface area contributed by atoms with Crippen LogP contribution in [0.1, 0.15) is 17.7 Å². The Hall–Kier alpha value is -3.28. The number of carbonyl (C=O) groups is 1. The molecule has 0 bridgehead atoms. The minimum atomic E-state index is -0.281. The van der Waals surface area contributed by atoms with Crippen LogP contribution in [-0.2, 0) is 22.6 Å². The van der Waals surface area contributed by atoms with Crippen LogP contribution in [0.3, 0.4) is 0 Å². The lowest BCUT2D eigenvalue weighted by molar-refractivity contribution is -0.145. The Morgan fingerprint density at radius 3 is 2.52 bits per heavy atom. The van der Waals surface area contributed by atoms with Crippen molar-refractivity contribution < 1.29 is 23.5 Å². The smallest absolute Gasteiger partial charge is 0.306 e. The van der Waals surface area contributed by atoms with Crippen molar-refractivity contribution in [3.63, 3.8) is 0 Å². The van der Waals surface area contributed by atoms with E-state index in [0.717, 1.165) is 22.6 Å². The van der Waals surface area contributed by atoms with Gasteiger partial charge in [-0.1, -0.05) is 29.4 Å². The van der Waals surface area contributed by atoms with Gasteiger partial charge in [0.05, 0.1) is 14.2 Å². The van der Waals surface area contributed by atoms with Crippen LogP contribution >= 0.6 is 0 Å². The second-order valence-corrected chi connectivity index (χ2v) is 5.92. The summed E-state index contributed by atoms with van der Waals surface area (Å²) in [4.78, 5) is 12.0. The Morgan fingerprint density at radius 1 is 1.00 bits per heavy atom. The van der Waals surface area contributed by atoms with Gasteiger partial charge in [0.15, 0.2) is 5.76 Å². The van der Waals surface area contributed by atoms with Crippen molar-refractivity contribution in [3.05, 3.63) is 65.9 Å². The third-order valence-corrected chi connectivity index (χ3v) is 4.07. The molecule has 6 nitrogen and oxygen atoms in total. The molecule has 1 heterocycles. The summed E-state index contributed by atoms with van der Waals surface area (Å²) in [5, 5.41) is 3.95. The Labute approximate surface area is 157 Å². The predicted molar refractivity (Wildman–Crippen MR) is 99.6 cm³/mol. The molecular formula is C21H21NO5. The van der Waals surface area contributed by atoms with Crippen LogP contribution in [0.5, 0.6) is 11.5 Å². The molecule has 0 amide bonds. The second kappa shape index (κ2) is 8.89. The molecule has 0 aliphatic heterocycles. The molecule has 0 aliphatic rings. The van der Waals surface area contributed by atoms with Crippen molar-refractivity contribution in [1.29, 1.82) is 0 Å². The highest BCUT2D eigenvalue weighted by molar-refractivity contribution is 5.69. The SMILES string of the molecule is COc1ccc(CCC(=O)OCc2cc(-c3cccc(OC)c3)on2)cc1. The predicted octanol–water partition coefficient (Wildman–Crippen LogP) is 4.03. The lowest BCUT2D eigenvalue weighted by Crippen LogP contribution is -2.06. The molecule has 0 spiro atoms. The average molecular weight is 367 g/mol. The number of hydrogen-bond donors (Lipinski definition) is 0. The highest BCUT2D eigenvalue weighted by atomic mass is 16.5. The van der Waals surface area contributed by atoms with E-state index in [-0.39, 0.29) is 12.6 Å². The van der Waals surface area contributed by atoms with Gasteiger partial charge in [-0.3, -0.25) is 4.79 Å². The van der Waals surface area contributed by atoms with Gasteiger partial charge in [-0.2, -0.15) is 0 Å². The summed E-state index contributed by atoms with van der Waals surface area (Å²) in [5.74, 6) is 1.84. The van der Waals surface area contributed by atoms with Gasteiger partial charge in [0.1, 0.15) is 23.8 Å². The fourth-order valence-corrected chi connectivity index (χ4v) is 2.56. The summed E-state index contributed by atoms with van der Waals surface area (Å²) in [5.41, 5.74) is 2.46. The molecule has 6 heteroatoms. The van der Waals surface area contributed by atoms with Crippen LogP contribution in [0.25, 0.3) is 11.3 Å².